The van der Waals surface area contributed by atoms with E-state index in [4.69, 9.17) is 47.4 Å². The van der Waals surface area contributed by atoms with Gasteiger partial charge in [0.15, 0.2) is 5.75 Å². The zero-order chi connectivity index (χ0) is 56.9. The van der Waals surface area contributed by atoms with Crippen molar-refractivity contribution in [1.29, 1.82) is 0 Å². The third-order valence-corrected chi connectivity index (χ3v) is 16.0. The fraction of sp³-hybridized carbons (Fsp3) is 0.368. The SMILES string of the molecule is CO[C@@H](C)COc1nc(N2CC3CC2CN3)c2cc(C(F)(F)F)c(-c3c(Cl)c(F)cc4[nH]ncc34)c(OCc3ccc(-c4cn(C(C(=O)N5CCCC5C(=O)NC(CO)c5ccc(-c6cnccc6Cl)cc5)C(C)C)nn4)cc3)c2n1. The average molecular weight is 1150 g/mol. The van der Waals surface area contributed by atoms with Gasteiger partial charge in [0.1, 0.15) is 48.1 Å². The number of ether oxygens (including phenoxy) is 3. The fourth-order valence-electron chi connectivity index (χ4n) is 11.1. The van der Waals surface area contributed by atoms with Crippen LogP contribution in [0.1, 0.15) is 68.8 Å². The number of halogens is 6. The molecule has 4 aromatic carbocycles. The molecule has 4 N–H and O–H groups in total. The Morgan fingerprint density at radius 1 is 0.963 bits per heavy atom. The summed E-state index contributed by atoms with van der Waals surface area (Å²) < 4.78 is 82.7. The van der Waals surface area contributed by atoms with E-state index in [1.165, 1.54) is 18.0 Å². The lowest BCUT2D eigenvalue weighted by Crippen LogP contribution is -2.50. The van der Waals surface area contributed by atoms with Crippen LogP contribution in [0.5, 0.6) is 11.8 Å². The second-order valence-electron chi connectivity index (χ2n) is 20.9. The number of H-pyrrole nitrogens is 1. The highest BCUT2D eigenvalue weighted by atomic mass is 35.5. The van der Waals surface area contributed by atoms with Crippen LogP contribution in [0.25, 0.3) is 55.3 Å². The number of aliphatic hydroxyl groups excluding tert-OH is 1. The third kappa shape index (κ3) is 10.9. The van der Waals surface area contributed by atoms with E-state index in [9.17, 15) is 14.7 Å². The minimum absolute atomic E-state index is 0.0195. The molecule has 0 spiro atoms. The Morgan fingerprint density at radius 3 is 2.43 bits per heavy atom. The molecule has 0 radical (unpaired) electrons. The van der Waals surface area contributed by atoms with Crippen LogP contribution in [0.3, 0.4) is 0 Å². The van der Waals surface area contributed by atoms with Crippen LogP contribution < -0.4 is 25.0 Å². The van der Waals surface area contributed by atoms with Gasteiger partial charge in [-0.25, -0.2) is 9.07 Å². The Hall–Kier alpha value is -7.50. The summed E-state index contributed by atoms with van der Waals surface area (Å²) in [5, 5.41) is 32.4. The van der Waals surface area contributed by atoms with Crippen LogP contribution in [0.15, 0.2) is 91.5 Å². The molecule has 2 bridgehead atoms. The Balaban J connectivity index is 0.873. The zero-order valence-corrected chi connectivity index (χ0v) is 45.9. The number of benzene rings is 4. The molecule has 3 fully saturated rings. The lowest BCUT2D eigenvalue weighted by molar-refractivity contribution is -0.142. The number of amides is 2. The minimum Gasteiger partial charge on any atom is -0.486 e. The first-order chi connectivity index (χ1) is 39.0. The van der Waals surface area contributed by atoms with Crippen LogP contribution in [0.2, 0.25) is 10.0 Å². The molecule has 422 valence electrons. The number of aromatic nitrogens is 8. The van der Waals surface area contributed by atoms with Gasteiger partial charge in [0, 0.05) is 90.3 Å². The van der Waals surface area contributed by atoms with E-state index in [0.717, 1.165) is 29.7 Å². The van der Waals surface area contributed by atoms with Crippen LogP contribution in [-0.2, 0) is 27.1 Å². The number of nitrogens with zero attached hydrogens (tertiary/aromatic N) is 9. The molecule has 4 aromatic heterocycles. The number of anilines is 1. The molecule has 3 aliphatic rings. The first-order valence-electron chi connectivity index (χ1n) is 26.5. The topological polar surface area (TPSA) is 211 Å². The monoisotopic (exact) mass is 1150 g/mol. The zero-order valence-electron chi connectivity index (χ0n) is 44.3. The van der Waals surface area contributed by atoms with Gasteiger partial charge in [-0.05, 0) is 60.9 Å². The maximum atomic E-state index is 15.8. The van der Waals surface area contributed by atoms with Crippen LogP contribution in [0, 0.1) is 11.7 Å². The highest BCUT2D eigenvalue weighted by Gasteiger charge is 2.44. The van der Waals surface area contributed by atoms with Gasteiger partial charge in [-0.3, -0.25) is 19.7 Å². The molecule has 3 aliphatic heterocycles. The Bertz CT molecular complexity index is 3640. The van der Waals surface area contributed by atoms with Crippen molar-refractivity contribution in [3.63, 3.8) is 0 Å². The lowest BCUT2D eigenvalue weighted by Gasteiger charge is -2.30. The number of carbonyl (C=O) groups is 2. The molecule has 24 heteroatoms. The van der Waals surface area contributed by atoms with Crippen LogP contribution in [0.4, 0.5) is 23.4 Å². The van der Waals surface area contributed by atoms with Crippen LogP contribution in [-0.4, -0.2) is 126 Å². The summed E-state index contributed by atoms with van der Waals surface area (Å²) in [5.74, 6) is -2.10. The summed E-state index contributed by atoms with van der Waals surface area (Å²) in [6, 6.07) is 15.4. The molecule has 6 atom stereocenters. The molecule has 2 amide bonds. The van der Waals surface area contributed by atoms with Gasteiger partial charge in [0.2, 0.25) is 11.8 Å². The number of fused-ring (bicyclic) bond motifs is 4. The highest BCUT2D eigenvalue weighted by Crippen LogP contribution is 2.52. The highest BCUT2D eigenvalue weighted by molar-refractivity contribution is 6.35. The molecule has 11 rings (SSSR count). The number of aliphatic hydroxyl groups is 1. The number of pyridine rings is 1. The summed E-state index contributed by atoms with van der Waals surface area (Å²) in [6.07, 6.45) is 2.54. The molecule has 8 aromatic rings. The second kappa shape index (κ2) is 22.8. The van der Waals surface area contributed by atoms with E-state index in [2.05, 4.69) is 36.1 Å². The van der Waals surface area contributed by atoms with Gasteiger partial charge in [0.05, 0.1) is 52.3 Å². The predicted octanol–water partition coefficient (Wildman–Crippen LogP) is 9.54. The number of hydrogen-bond donors (Lipinski definition) is 4. The van der Waals surface area contributed by atoms with Crippen molar-refractivity contribution >= 4 is 62.6 Å². The molecular formula is C57H56Cl2F4N12O6. The van der Waals surface area contributed by atoms with Crippen molar-refractivity contribution in [3.05, 3.63) is 124 Å². The number of aromatic amines is 1. The Kier molecular flexibility index (Phi) is 15.6. The minimum atomic E-state index is -5.03. The van der Waals surface area contributed by atoms with Gasteiger partial charge >= 0.3 is 12.2 Å². The largest absolute Gasteiger partial charge is 0.486 e. The number of alkyl halides is 3. The molecule has 18 nitrogen and oxygen atoms in total. The Morgan fingerprint density at radius 2 is 1.74 bits per heavy atom. The van der Waals surface area contributed by atoms with E-state index >= 15 is 17.6 Å². The van der Waals surface area contributed by atoms with E-state index < -0.39 is 58.3 Å². The first-order valence-corrected chi connectivity index (χ1v) is 27.2. The Labute approximate surface area is 472 Å². The van der Waals surface area contributed by atoms with Gasteiger partial charge in [-0.1, -0.05) is 90.8 Å². The molecular weight excluding hydrogens is 1100 g/mol. The van der Waals surface area contributed by atoms with Gasteiger partial charge in [-0.2, -0.15) is 28.2 Å². The van der Waals surface area contributed by atoms with Gasteiger partial charge in [0.25, 0.3) is 0 Å². The number of piperazine rings is 1. The number of methoxy groups -OCH3 is 1. The molecule has 81 heavy (non-hydrogen) atoms. The molecule has 3 saturated heterocycles. The van der Waals surface area contributed by atoms with E-state index in [1.54, 1.807) is 72.9 Å². The van der Waals surface area contributed by atoms with Crippen molar-refractivity contribution in [1.82, 2.24) is 55.7 Å². The molecule has 7 heterocycles. The van der Waals surface area contributed by atoms with Crippen molar-refractivity contribution in [2.45, 2.75) is 89.1 Å². The average Bonchev–Trinajstić information content (AvgIpc) is 3.83. The summed E-state index contributed by atoms with van der Waals surface area (Å²) >= 11 is 13.1. The van der Waals surface area contributed by atoms with E-state index in [-0.39, 0.29) is 88.7 Å². The second-order valence-corrected chi connectivity index (χ2v) is 21.7. The quantitative estimate of drug-likeness (QED) is 0.0590. The number of rotatable bonds is 18. The van der Waals surface area contributed by atoms with Crippen molar-refractivity contribution in [3.8, 4) is 45.3 Å². The normalized spacial score (nSPS) is 18.3. The predicted molar refractivity (Wildman–Crippen MR) is 295 cm³/mol. The van der Waals surface area contributed by atoms with Gasteiger partial charge < -0.3 is 39.8 Å². The first kappa shape index (κ1) is 55.4. The summed E-state index contributed by atoms with van der Waals surface area (Å²) in [5.41, 5.74) is 1.84. The summed E-state index contributed by atoms with van der Waals surface area (Å²) in [4.78, 5) is 45.6. The number of likely N-dealkylation sites (tertiary alicyclic amines) is 1. The molecule has 0 aliphatic carbocycles. The lowest BCUT2D eigenvalue weighted by atomic mass is 9.93. The fourth-order valence-corrected chi connectivity index (χ4v) is 11.6. The smallest absolute Gasteiger partial charge is 0.417 e. The number of carbonyl (C=O) groups excluding carboxylic acids is 2. The summed E-state index contributed by atoms with van der Waals surface area (Å²) in [7, 11) is 1.52. The van der Waals surface area contributed by atoms with Crippen molar-refractivity contribution in [2.75, 3.05) is 44.9 Å². The van der Waals surface area contributed by atoms with E-state index in [1.807, 2.05) is 30.9 Å². The van der Waals surface area contributed by atoms with Crippen molar-refractivity contribution < 1.29 is 46.5 Å². The third-order valence-electron chi connectivity index (χ3n) is 15.3. The number of nitrogens with one attached hydrogen (secondary N) is 3. The molecule has 0 saturated carbocycles. The van der Waals surface area contributed by atoms with Crippen LogP contribution >= 0.6 is 23.2 Å². The maximum absolute atomic E-state index is 15.8. The summed E-state index contributed by atoms with van der Waals surface area (Å²) in [6.45, 7) is 6.28. The van der Waals surface area contributed by atoms with Crippen molar-refractivity contribution in [2.24, 2.45) is 5.92 Å². The number of hydrogen-bond acceptors (Lipinski definition) is 14. The maximum Gasteiger partial charge on any atom is 0.417 e. The van der Waals surface area contributed by atoms with Gasteiger partial charge in [-0.15, -0.1) is 5.10 Å². The van der Waals surface area contributed by atoms with E-state index in [0.29, 0.717) is 59.9 Å². The standard InChI is InChI=1S/C57H56Cl2F4N12O6/c1-29(2)51(55(78)73-17-5-6-46(73)54(77)67-45(26-76)34-13-11-32(12-14-34)38-22-64-16-15-41(38)58)75-25-44(71-72-75)33-9-7-31(8-10-33)28-80-52-48(47-39-23-66-70-43(39)20-42(60)49(47)59)40(57(61,62)63)19-37-50(52)68-56(81-27-30(3)79-4)69-53(37)74-24-35-18-36(74)21-65-35/h7-16,19-20,22-23,25,29-30,35-36,45-46,51,65,76H,5-6,17-18,21,24,26-28H2,1-4H3,(H,66,70)(H,67,77)/t30-,35?,36?,45?,46?,51?/m0/s1. The molecule has 5 unspecified atom stereocenters.